The van der Waals surface area contributed by atoms with Gasteiger partial charge in [-0.15, -0.1) is 0 Å². The molecule has 2 aromatic carbocycles. The molecule has 0 spiro atoms. The highest BCUT2D eigenvalue weighted by atomic mass is 16.4. The molecule has 0 aliphatic carbocycles. The number of hydrogen-bond donors (Lipinski definition) is 3. The number of aliphatic hydroxyl groups excluding tert-OH is 1. The molecule has 0 bridgehead atoms. The van der Waals surface area contributed by atoms with Crippen LogP contribution in [-0.2, 0) is 11.3 Å². The quantitative estimate of drug-likeness (QED) is 0.649. The molecule has 0 fully saturated rings. The lowest BCUT2D eigenvalue weighted by Crippen LogP contribution is -2.33. The first-order valence-corrected chi connectivity index (χ1v) is 7.23. The Hall–Kier alpha value is -2.37. The molecule has 3 N–H and O–H groups in total. The number of rotatable bonds is 6. The second kappa shape index (κ2) is 6.17. The molecule has 0 amide bonds. The molecule has 0 aliphatic rings. The molecule has 114 valence electrons. The fourth-order valence-electron chi connectivity index (χ4n) is 2.82. The van der Waals surface area contributed by atoms with Crippen molar-refractivity contribution in [2.75, 3.05) is 13.1 Å². The smallest absolute Gasteiger partial charge is 0.317 e. The van der Waals surface area contributed by atoms with Gasteiger partial charge in [-0.1, -0.05) is 36.4 Å². The molecule has 3 aromatic rings. The van der Waals surface area contributed by atoms with Crippen LogP contribution >= 0.6 is 0 Å². The molecule has 0 saturated carbocycles. The maximum Gasteiger partial charge on any atom is 0.317 e. The van der Waals surface area contributed by atoms with E-state index in [2.05, 4.69) is 22.0 Å². The van der Waals surface area contributed by atoms with Gasteiger partial charge in [-0.25, -0.2) is 0 Å². The molecular formula is C17H18N2O3. The fraction of sp³-hybridized carbons (Fsp3) is 0.235. The molecule has 5 nitrogen and oxygen atoms in total. The number of para-hydroxylation sites is 2. The number of benzene rings is 2. The normalized spacial score (nSPS) is 12.8. The summed E-state index contributed by atoms with van der Waals surface area (Å²) in [5.74, 6) is -0.927. The Morgan fingerprint density at radius 3 is 2.14 bits per heavy atom. The Morgan fingerprint density at radius 1 is 1.05 bits per heavy atom. The number of aliphatic carboxylic acids is 1. The number of fused-ring (bicyclic) bond motifs is 3. The lowest BCUT2D eigenvalue weighted by Gasteiger charge is -2.14. The topological polar surface area (TPSA) is 74.5 Å². The van der Waals surface area contributed by atoms with Crippen LogP contribution in [-0.4, -0.2) is 39.9 Å². The number of hydrogen-bond acceptors (Lipinski definition) is 3. The minimum atomic E-state index is -0.927. The van der Waals surface area contributed by atoms with E-state index in [1.54, 1.807) is 0 Å². The van der Waals surface area contributed by atoms with E-state index >= 15 is 0 Å². The van der Waals surface area contributed by atoms with Crippen LogP contribution in [0.1, 0.15) is 0 Å². The highest BCUT2D eigenvalue weighted by Crippen LogP contribution is 2.28. The number of carbonyl (C=O) groups is 1. The van der Waals surface area contributed by atoms with Gasteiger partial charge in [0.05, 0.1) is 19.2 Å². The third kappa shape index (κ3) is 2.81. The van der Waals surface area contributed by atoms with Gasteiger partial charge in [0.2, 0.25) is 0 Å². The SMILES string of the molecule is O=C(O)CNCC(O)Cn1c2ccccc2c2ccccc21. The number of aromatic nitrogens is 1. The van der Waals surface area contributed by atoms with Gasteiger partial charge in [-0.3, -0.25) is 4.79 Å². The van der Waals surface area contributed by atoms with Gasteiger partial charge in [-0.05, 0) is 12.1 Å². The minimum Gasteiger partial charge on any atom is -0.480 e. The number of aliphatic hydroxyl groups is 1. The lowest BCUT2D eigenvalue weighted by molar-refractivity contribution is -0.136. The second-order valence-corrected chi connectivity index (χ2v) is 5.32. The highest BCUT2D eigenvalue weighted by Gasteiger charge is 2.13. The summed E-state index contributed by atoms with van der Waals surface area (Å²) < 4.78 is 2.08. The average molecular weight is 298 g/mol. The molecular weight excluding hydrogens is 280 g/mol. The van der Waals surface area contributed by atoms with Crippen molar-refractivity contribution in [3.8, 4) is 0 Å². The Labute approximate surface area is 127 Å². The lowest BCUT2D eigenvalue weighted by atomic mass is 10.2. The Balaban J connectivity index is 1.90. The van der Waals surface area contributed by atoms with Crippen LogP contribution < -0.4 is 5.32 Å². The van der Waals surface area contributed by atoms with Crippen molar-refractivity contribution in [3.63, 3.8) is 0 Å². The summed E-state index contributed by atoms with van der Waals surface area (Å²) in [6, 6.07) is 16.2. The van der Waals surface area contributed by atoms with E-state index in [0.717, 1.165) is 21.8 Å². The zero-order valence-electron chi connectivity index (χ0n) is 12.1. The van der Waals surface area contributed by atoms with Crippen LogP contribution in [0.25, 0.3) is 21.8 Å². The number of carboxylic acid groups (broad SMARTS) is 1. The van der Waals surface area contributed by atoms with E-state index in [4.69, 9.17) is 5.11 Å². The van der Waals surface area contributed by atoms with E-state index in [0.29, 0.717) is 6.54 Å². The average Bonchev–Trinajstić information content (AvgIpc) is 2.82. The van der Waals surface area contributed by atoms with Gasteiger partial charge in [0.1, 0.15) is 0 Å². The predicted octanol–water partition coefficient (Wildman–Crippen LogP) is 1.83. The number of carboxylic acids is 1. The van der Waals surface area contributed by atoms with Crippen molar-refractivity contribution < 1.29 is 15.0 Å². The Kier molecular flexibility index (Phi) is 4.09. The zero-order chi connectivity index (χ0) is 15.5. The molecule has 1 unspecified atom stereocenters. The Morgan fingerprint density at radius 2 is 1.59 bits per heavy atom. The molecule has 0 saturated heterocycles. The van der Waals surface area contributed by atoms with Gasteiger partial charge in [0.15, 0.2) is 0 Å². The van der Waals surface area contributed by atoms with Crippen LogP contribution in [0.4, 0.5) is 0 Å². The molecule has 1 heterocycles. The van der Waals surface area contributed by atoms with Gasteiger partial charge in [0, 0.05) is 28.4 Å². The first-order chi connectivity index (χ1) is 10.7. The third-order valence-electron chi connectivity index (χ3n) is 3.73. The van der Waals surface area contributed by atoms with Crippen LogP contribution in [0.5, 0.6) is 0 Å². The highest BCUT2D eigenvalue weighted by molar-refractivity contribution is 6.07. The summed E-state index contributed by atoms with van der Waals surface area (Å²) in [5, 5.41) is 23.8. The van der Waals surface area contributed by atoms with Crippen molar-refractivity contribution in [2.45, 2.75) is 12.6 Å². The summed E-state index contributed by atoms with van der Waals surface area (Å²) in [4.78, 5) is 10.5. The van der Waals surface area contributed by atoms with Crippen LogP contribution in [0, 0.1) is 0 Å². The Bertz CT molecular complexity index is 757. The van der Waals surface area contributed by atoms with Gasteiger partial charge >= 0.3 is 5.97 Å². The first-order valence-electron chi connectivity index (χ1n) is 7.23. The third-order valence-corrected chi connectivity index (χ3v) is 3.73. The molecule has 22 heavy (non-hydrogen) atoms. The van der Waals surface area contributed by atoms with Crippen LogP contribution in [0.3, 0.4) is 0 Å². The molecule has 3 rings (SSSR count). The van der Waals surface area contributed by atoms with Crippen molar-refractivity contribution >= 4 is 27.8 Å². The number of nitrogens with zero attached hydrogens (tertiary/aromatic N) is 1. The molecule has 5 heteroatoms. The monoisotopic (exact) mass is 298 g/mol. The summed E-state index contributed by atoms with van der Waals surface area (Å²) in [7, 11) is 0. The standard InChI is InChI=1S/C17H18N2O3/c20-12(9-18-10-17(21)22)11-19-15-7-3-1-5-13(15)14-6-2-4-8-16(14)19/h1-8,12,18,20H,9-11H2,(H,21,22). The van der Waals surface area contributed by atoms with Gasteiger partial charge in [-0.2, -0.15) is 0 Å². The molecule has 1 aromatic heterocycles. The summed E-state index contributed by atoms with van der Waals surface area (Å²) in [5.41, 5.74) is 2.14. The second-order valence-electron chi connectivity index (χ2n) is 5.32. The minimum absolute atomic E-state index is 0.149. The summed E-state index contributed by atoms with van der Waals surface area (Å²) in [6.07, 6.45) is -0.654. The molecule has 1 atom stereocenters. The van der Waals surface area contributed by atoms with Crippen LogP contribution in [0.15, 0.2) is 48.5 Å². The maximum absolute atomic E-state index is 10.5. The van der Waals surface area contributed by atoms with Crippen molar-refractivity contribution in [1.29, 1.82) is 0 Å². The van der Waals surface area contributed by atoms with Crippen LogP contribution in [0.2, 0.25) is 0 Å². The van der Waals surface area contributed by atoms with E-state index in [1.807, 2.05) is 36.4 Å². The van der Waals surface area contributed by atoms with Gasteiger partial charge < -0.3 is 20.1 Å². The zero-order valence-corrected chi connectivity index (χ0v) is 12.1. The van der Waals surface area contributed by atoms with E-state index < -0.39 is 12.1 Å². The van der Waals surface area contributed by atoms with E-state index in [1.165, 1.54) is 0 Å². The van der Waals surface area contributed by atoms with E-state index in [9.17, 15) is 9.90 Å². The largest absolute Gasteiger partial charge is 0.480 e. The van der Waals surface area contributed by atoms with Crippen molar-refractivity contribution in [3.05, 3.63) is 48.5 Å². The number of nitrogens with one attached hydrogen (secondary N) is 1. The van der Waals surface area contributed by atoms with E-state index in [-0.39, 0.29) is 13.1 Å². The fourth-order valence-corrected chi connectivity index (χ4v) is 2.82. The maximum atomic E-state index is 10.5. The first kappa shape index (κ1) is 14.6. The predicted molar refractivity (Wildman–Crippen MR) is 86.0 cm³/mol. The molecule has 0 aliphatic heterocycles. The van der Waals surface area contributed by atoms with Crippen molar-refractivity contribution in [1.82, 2.24) is 9.88 Å². The molecule has 0 radical (unpaired) electrons. The van der Waals surface area contributed by atoms with Gasteiger partial charge in [0.25, 0.3) is 0 Å². The van der Waals surface area contributed by atoms with Crippen molar-refractivity contribution in [2.24, 2.45) is 0 Å². The summed E-state index contributed by atoms with van der Waals surface area (Å²) in [6.45, 7) is 0.512. The summed E-state index contributed by atoms with van der Waals surface area (Å²) >= 11 is 0.